The first-order valence-corrected chi connectivity index (χ1v) is 7.48. The van der Waals surface area contributed by atoms with E-state index in [0.29, 0.717) is 6.42 Å². The van der Waals surface area contributed by atoms with E-state index < -0.39 is 6.10 Å². The lowest BCUT2D eigenvalue weighted by atomic mass is 10.1. The van der Waals surface area contributed by atoms with Crippen LogP contribution in [0.25, 0.3) is 9.40 Å². The monoisotopic (exact) mass is 275 g/mol. The molecule has 0 fully saturated rings. The Morgan fingerprint density at radius 2 is 2.17 bits per heavy atom. The highest BCUT2D eigenvalue weighted by Gasteiger charge is 2.13. The summed E-state index contributed by atoms with van der Waals surface area (Å²) in [4.78, 5) is 5.36. The van der Waals surface area contributed by atoms with Gasteiger partial charge in [-0.25, -0.2) is 0 Å². The fourth-order valence-corrected chi connectivity index (χ4v) is 3.97. The third-order valence-electron chi connectivity index (χ3n) is 2.86. The van der Waals surface area contributed by atoms with Crippen molar-refractivity contribution in [3.8, 4) is 0 Å². The zero-order valence-corrected chi connectivity index (χ0v) is 11.6. The summed E-state index contributed by atoms with van der Waals surface area (Å²) >= 11 is 3.38. The van der Waals surface area contributed by atoms with Crippen molar-refractivity contribution in [2.45, 2.75) is 19.4 Å². The molecule has 18 heavy (non-hydrogen) atoms. The Hall–Kier alpha value is -1.23. The topological polar surface area (TPSA) is 33.1 Å². The van der Waals surface area contributed by atoms with Crippen LogP contribution in [0, 0.1) is 6.92 Å². The molecule has 1 unspecified atom stereocenters. The normalized spacial score (nSPS) is 13.0. The summed E-state index contributed by atoms with van der Waals surface area (Å²) in [6.45, 7) is 2.01. The van der Waals surface area contributed by atoms with Crippen LogP contribution in [0.4, 0.5) is 0 Å². The molecule has 3 aromatic rings. The van der Waals surface area contributed by atoms with Gasteiger partial charge in [0.2, 0.25) is 0 Å². The van der Waals surface area contributed by atoms with Crippen LogP contribution in [0.1, 0.15) is 22.2 Å². The zero-order chi connectivity index (χ0) is 12.5. The standard InChI is InChI=1S/C14H13NOS2/c1-9-2-3-10(15-8-9)6-11(16)13-7-14-12(18-13)4-5-17-14/h2-5,7-8,11,16H,6H2,1H3. The lowest BCUT2D eigenvalue weighted by molar-refractivity contribution is 0.181. The van der Waals surface area contributed by atoms with Crippen LogP contribution >= 0.6 is 22.7 Å². The van der Waals surface area contributed by atoms with Gasteiger partial charge in [0.1, 0.15) is 0 Å². The lowest BCUT2D eigenvalue weighted by Crippen LogP contribution is -2.01. The first-order chi connectivity index (χ1) is 8.72. The molecule has 3 rings (SSSR count). The summed E-state index contributed by atoms with van der Waals surface area (Å²) in [5.74, 6) is 0. The van der Waals surface area contributed by atoms with Gasteiger partial charge in [-0.2, -0.15) is 0 Å². The predicted octanol–water partition coefficient (Wildman–Crippen LogP) is 3.94. The predicted molar refractivity (Wildman–Crippen MR) is 77.3 cm³/mol. The van der Waals surface area contributed by atoms with E-state index in [-0.39, 0.29) is 0 Å². The second kappa shape index (κ2) is 4.80. The van der Waals surface area contributed by atoms with Crippen LogP contribution in [-0.4, -0.2) is 10.1 Å². The number of hydrogen-bond donors (Lipinski definition) is 1. The number of aliphatic hydroxyl groups is 1. The summed E-state index contributed by atoms with van der Waals surface area (Å²) in [5.41, 5.74) is 2.08. The molecule has 0 saturated heterocycles. The Morgan fingerprint density at radius 1 is 1.28 bits per heavy atom. The number of fused-ring (bicyclic) bond motifs is 1. The highest BCUT2D eigenvalue weighted by molar-refractivity contribution is 7.26. The molecule has 0 saturated carbocycles. The van der Waals surface area contributed by atoms with Crippen molar-refractivity contribution in [2.75, 3.05) is 0 Å². The molecule has 0 aromatic carbocycles. The smallest absolute Gasteiger partial charge is 0.0937 e. The Labute approximate surface area is 114 Å². The van der Waals surface area contributed by atoms with Gasteiger partial charge in [-0.05, 0) is 36.1 Å². The molecular formula is C14H13NOS2. The molecule has 0 bridgehead atoms. The van der Waals surface area contributed by atoms with E-state index in [1.807, 2.05) is 25.3 Å². The van der Waals surface area contributed by atoms with Crippen LogP contribution in [0.15, 0.2) is 35.8 Å². The molecule has 3 heterocycles. The van der Waals surface area contributed by atoms with Crippen molar-refractivity contribution < 1.29 is 5.11 Å². The van der Waals surface area contributed by atoms with Crippen molar-refractivity contribution in [3.05, 3.63) is 52.0 Å². The molecule has 3 aromatic heterocycles. The number of rotatable bonds is 3. The Kier molecular flexibility index (Phi) is 3.16. The fraction of sp³-hybridized carbons (Fsp3) is 0.214. The van der Waals surface area contributed by atoms with Crippen molar-refractivity contribution in [2.24, 2.45) is 0 Å². The number of pyridine rings is 1. The van der Waals surface area contributed by atoms with E-state index >= 15 is 0 Å². The number of aromatic nitrogens is 1. The van der Waals surface area contributed by atoms with E-state index in [1.54, 1.807) is 22.7 Å². The Bertz CT molecular complexity index is 625. The Balaban J connectivity index is 1.80. The molecule has 0 radical (unpaired) electrons. The molecule has 1 N–H and O–H groups in total. The lowest BCUT2D eigenvalue weighted by Gasteiger charge is -2.07. The van der Waals surface area contributed by atoms with Crippen molar-refractivity contribution in [1.82, 2.24) is 4.98 Å². The molecule has 0 amide bonds. The minimum atomic E-state index is -0.454. The number of nitrogens with zero attached hydrogens (tertiary/aromatic N) is 1. The summed E-state index contributed by atoms with van der Waals surface area (Å²) < 4.78 is 2.51. The number of hydrogen-bond acceptors (Lipinski definition) is 4. The number of aryl methyl sites for hydroxylation is 1. The maximum Gasteiger partial charge on any atom is 0.0937 e. The molecule has 1 atom stereocenters. The quantitative estimate of drug-likeness (QED) is 0.785. The maximum atomic E-state index is 10.2. The van der Waals surface area contributed by atoms with Gasteiger partial charge in [0.25, 0.3) is 0 Å². The fourth-order valence-electron chi connectivity index (χ4n) is 1.87. The van der Waals surface area contributed by atoms with Gasteiger partial charge in [0.15, 0.2) is 0 Å². The van der Waals surface area contributed by atoms with E-state index in [2.05, 4.69) is 22.5 Å². The van der Waals surface area contributed by atoms with Crippen LogP contribution in [-0.2, 0) is 6.42 Å². The molecule has 0 aliphatic heterocycles. The van der Waals surface area contributed by atoms with Gasteiger partial charge >= 0.3 is 0 Å². The van der Waals surface area contributed by atoms with E-state index in [9.17, 15) is 5.11 Å². The van der Waals surface area contributed by atoms with Gasteiger partial charge in [-0.3, -0.25) is 4.98 Å². The SMILES string of the molecule is Cc1ccc(CC(O)c2cc3sccc3s2)nc1. The first-order valence-electron chi connectivity index (χ1n) is 5.79. The Morgan fingerprint density at radius 3 is 2.89 bits per heavy atom. The summed E-state index contributed by atoms with van der Waals surface area (Å²) in [6.07, 6.45) is 1.97. The molecule has 0 spiro atoms. The molecule has 0 aliphatic rings. The minimum absolute atomic E-state index is 0.454. The molecule has 2 nitrogen and oxygen atoms in total. The third-order valence-corrected chi connectivity index (χ3v) is 5.06. The van der Waals surface area contributed by atoms with Crippen molar-refractivity contribution in [1.29, 1.82) is 0 Å². The van der Waals surface area contributed by atoms with Crippen LogP contribution in [0.2, 0.25) is 0 Å². The molecule has 92 valence electrons. The maximum absolute atomic E-state index is 10.2. The summed E-state index contributed by atoms with van der Waals surface area (Å²) in [7, 11) is 0. The average molecular weight is 275 g/mol. The molecular weight excluding hydrogens is 262 g/mol. The highest BCUT2D eigenvalue weighted by Crippen LogP contribution is 2.34. The average Bonchev–Trinajstić information content (AvgIpc) is 2.92. The minimum Gasteiger partial charge on any atom is -0.387 e. The summed E-state index contributed by atoms with van der Waals surface area (Å²) in [5, 5.41) is 12.3. The third kappa shape index (κ3) is 2.32. The van der Waals surface area contributed by atoms with Gasteiger partial charge < -0.3 is 5.11 Å². The van der Waals surface area contributed by atoms with E-state index in [0.717, 1.165) is 16.1 Å². The van der Waals surface area contributed by atoms with Gasteiger partial charge in [0.05, 0.1) is 6.10 Å². The van der Waals surface area contributed by atoms with Crippen LogP contribution < -0.4 is 0 Å². The first kappa shape index (κ1) is 11.8. The molecule has 4 heteroatoms. The number of thiophene rings is 2. The van der Waals surface area contributed by atoms with Gasteiger partial charge in [0, 0.05) is 32.6 Å². The second-order valence-corrected chi connectivity index (χ2v) is 6.41. The van der Waals surface area contributed by atoms with E-state index in [1.165, 1.54) is 9.40 Å². The van der Waals surface area contributed by atoms with Crippen LogP contribution in [0.5, 0.6) is 0 Å². The number of aliphatic hydroxyl groups excluding tert-OH is 1. The second-order valence-electron chi connectivity index (χ2n) is 4.34. The summed E-state index contributed by atoms with van der Waals surface area (Å²) in [6, 6.07) is 8.20. The van der Waals surface area contributed by atoms with Gasteiger partial charge in [-0.15, -0.1) is 22.7 Å². The van der Waals surface area contributed by atoms with Crippen LogP contribution in [0.3, 0.4) is 0 Å². The highest BCUT2D eigenvalue weighted by atomic mass is 32.1. The van der Waals surface area contributed by atoms with Crippen molar-refractivity contribution in [3.63, 3.8) is 0 Å². The van der Waals surface area contributed by atoms with Crippen molar-refractivity contribution >= 4 is 32.1 Å². The zero-order valence-electron chi connectivity index (χ0n) is 9.96. The largest absolute Gasteiger partial charge is 0.387 e. The molecule has 0 aliphatic carbocycles. The van der Waals surface area contributed by atoms with Gasteiger partial charge in [-0.1, -0.05) is 6.07 Å². The van der Waals surface area contributed by atoms with E-state index in [4.69, 9.17) is 0 Å².